The lowest BCUT2D eigenvalue weighted by Gasteiger charge is -2.17. The third-order valence-corrected chi connectivity index (χ3v) is 4.40. The molecule has 0 bridgehead atoms. The van der Waals surface area contributed by atoms with Crippen molar-refractivity contribution < 1.29 is 19.2 Å². The second-order valence-electron chi connectivity index (χ2n) is 6.41. The first-order valence-corrected chi connectivity index (χ1v) is 9.40. The Kier molecular flexibility index (Phi) is 7.65. The first kappa shape index (κ1) is 21.8. The van der Waals surface area contributed by atoms with E-state index in [-0.39, 0.29) is 5.69 Å². The van der Waals surface area contributed by atoms with Crippen LogP contribution >= 0.6 is 0 Å². The third-order valence-electron chi connectivity index (χ3n) is 4.40. The van der Waals surface area contributed by atoms with Crippen molar-refractivity contribution in [1.29, 1.82) is 0 Å². The monoisotopic (exact) mass is 396 g/mol. The fraction of sp³-hybridized carbons (Fsp3) is 0.273. The normalized spacial score (nSPS) is 11.8. The summed E-state index contributed by atoms with van der Waals surface area (Å²) in [5.74, 6) is -1.13. The van der Waals surface area contributed by atoms with E-state index in [2.05, 4.69) is 5.32 Å². The van der Waals surface area contributed by atoms with E-state index in [1.807, 2.05) is 32.0 Å². The quantitative estimate of drug-likeness (QED) is 0.310. The minimum Gasteiger partial charge on any atom is -0.449 e. The number of non-ortho nitro benzene ring substituents is 1. The van der Waals surface area contributed by atoms with Gasteiger partial charge in [0.2, 0.25) is 0 Å². The first-order valence-electron chi connectivity index (χ1n) is 9.40. The average Bonchev–Trinajstić information content (AvgIpc) is 2.72. The highest BCUT2D eigenvalue weighted by molar-refractivity contribution is 5.97. The van der Waals surface area contributed by atoms with Crippen molar-refractivity contribution in [1.82, 2.24) is 0 Å². The average molecular weight is 396 g/mol. The number of nitro benzene ring substituents is 1. The van der Waals surface area contributed by atoms with Gasteiger partial charge in [-0.2, -0.15) is 0 Å². The van der Waals surface area contributed by atoms with Crippen LogP contribution in [0.3, 0.4) is 0 Å². The largest absolute Gasteiger partial charge is 0.449 e. The number of nitrogens with one attached hydrogen (secondary N) is 1. The lowest BCUT2D eigenvalue weighted by molar-refractivity contribution is -0.384. The van der Waals surface area contributed by atoms with Crippen LogP contribution in [0.1, 0.15) is 37.5 Å². The molecule has 0 aliphatic rings. The number of ether oxygens (including phenoxy) is 1. The van der Waals surface area contributed by atoms with Crippen LogP contribution in [0.2, 0.25) is 0 Å². The van der Waals surface area contributed by atoms with Crippen molar-refractivity contribution in [3.05, 3.63) is 75.3 Å². The molecule has 0 spiro atoms. The third kappa shape index (κ3) is 6.00. The van der Waals surface area contributed by atoms with Crippen LogP contribution in [-0.2, 0) is 27.2 Å². The van der Waals surface area contributed by atoms with E-state index in [0.717, 1.165) is 35.7 Å². The van der Waals surface area contributed by atoms with Crippen LogP contribution in [0, 0.1) is 10.1 Å². The van der Waals surface area contributed by atoms with Gasteiger partial charge in [0.15, 0.2) is 6.10 Å². The second-order valence-corrected chi connectivity index (χ2v) is 6.41. The molecular weight excluding hydrogens is 372 g/mol. The van der Waals surface area contributed by atoms with E-state index in [0.29, 0.717) is 5.56 Å². The van der Waals surface area contributed by atoms with E-state index in [1.165, 1.54) is 31.2 Å². The highest BCUT2D eigenvalue weighted by atomic mass is 16.6. The lowest BCUT2D eigenvalue weighted by Crippen LogP contribution is -2.30. The maximum Gasteiger partial charge on any atom is 0.331 e. The number of para-hydroxylation sites is 1. The van der Waals surface area contributed by atoms with Crippen LogP contribution in [0.4, 0.5) is 11.4 Å². The molecule has 0 saturated carbocycles. The molecule has 2 rings (SSSR count). The summed E-state index contributed by atoms with van der Waals surface area (Å²) in [5, 5.41) is 13.7. The Labute approximate surface area is 169 Å². The first-order chi connectivity index (χ1) is 13.8. The number of rotatable bonds is 8. The number of carbonyl (C=O) groups excluding carboxylic acids is 2. The van der Waals surface area contributed by atoms with Crippen LogP contribution in [0.15, 0.2) is 48.5 Å². The number of hydrogen-bond acceptors (Lipinski definition) is 5. The van der Waals surface area contributed by atoms with Crippen LogP contribution in [0.25, 0.3) is 6.08 Å². The molecule has 0 aliphatic heterocycles. The van der Waals surface area contributed by atoms with Gasteiger partial charge in [-0.1, -0.05) is 44.2 Å². The highest BCUT2D eigenvalue weighted by Crippen LogP contribution is 2.23. The Balaban J connectivity index is 2.02. The Morgan fingerprint density at radius 2 is 1.76 bits per heavy atom. The van der Waals surface area contributed by atoms with E-state index < -0.39 is 22.9 Å². The molecule has 0 saturated heterocycles. The summed E-state index contributed by atoms with van der Waals surface area (Å²) < 4.78 is 5.16. The summed E-state index contributed by atoms with van der Waals surface area (Å²) in [6, 6.07) is 11.7. The number of esters is 1. The molecule has 0 radical (unpaired) electrons. The van der Waals surface area contributed by atoms with Crippen molar-refractivity contribution in [3.63, 3.8) is 0 Å². The Morgan fingerprint density at radius 3 is 2.34 bits per heavy atom. The summed E-state index contributed by atoms with van der Waals surface area (Å²) in [7, 11) is 0. The number of aryl methyl sites for hydroxylation is 2. The van der Waals surface area contributed by atoms with Crippen LogP contribution in [-0.4, -0.2) is 22.9 Å². The highest BCUT2D eigenvalue weighted by Gasteiger charge is 2.19. The molecule has 2 aromatic rings. The van der Waals surface area contributed by atoms with Gasteiger partial charge in [-0.3, -0.25) is 14.9 Å². The topological polar surface area (TPSA) is 98.5 Å². The van der Waals surface area contributed by atoms with Gasteiger partial charge < -0.3 is 10.1 Å². The van der Waals surface area contributed by atoms with E-state index in [1.54, 1.807) is 6.07 Å². The summed E-state index contributed by atoms with van der Waals surface area (Å²) in [5.41, 5.74) is 3.20. The molecule has 1 atom stereocenters. The minimum atomic E-state index is -0.994. The van der Waals surface area contributed by atoms with E-state index in [9.17, 15) is 19.7 Å². The number of nitrogens with zero attached hydrogens (tertiary/aromatic N) is 1. The molecule has 29 heavy (non-hydrogen) atoms. The standard InChI is InChI=1S/C22H24N2O5/c1-4-17-9-7-10-18(5-2)21(17)23-22(26)15(3)29-20(25)13-12-16-8-6-11-19(14-16)24(27)28/h6-15H,4-5H2,1-3H3,(H,23,26)/b13-12+/t15-/m0/s1. The summed E-state index contributed by atoms with van der Waals surface area (Å²) in [4.78, 5) is 34.8. The molecule has 0 heterocycles. The molecule has 2 aromatic carbocycles. The Bertz CT molecular complexity index is 914. The minimum absolute atomic E-state index is 0.0745. The predicted molar refractivity (Wildman–Crippen MR) is 112 cm³/mol. The molecule has 1 N–H and O–H groups in total. The molecule has 0 aromatic heterocycles. The molecule has 7 heteroatoms. The second kappa shape index (κ2) is 10.2. The van der Waals surface area contributed by atoms with Crippen LogP contribution in [0.5, 0.6) is 0 Å². The lowest BCUT2D eigenvalue weighted by atomic mass is 10.0. The van der Waals surface area contributed by atoms with E-state index in [4.69, 9.17) is 4.74 Å². The van der Waals surface area contributed by atoms with Gasteiger partial charge in [-0.15, -0.1) is 0 Å². The number of carbonyl (C=O) groups is 2. The van der Waals surface area contributed by atoms with E-state index >= 15 is 0 Å². The smallest absolute Gasteiger partial charge is 0.331 e. The van der Waals surface area contributed by atoms with Gasteiger partial charge in [0, 0.05) is 23.9 Å². The molecule has 0 fully saturated rings. The Morgan fingerprint density at radius 1 is 1.14 bits per heavy atom. The number of anilines is 1. The van der Waals surface area contributed by atoms with Gasteiger partial charge in [0.25, 0.3) is 11.6 Å². The van der Waals surface area contributed by atoms with Gasteiger partial charge in [0.1, 0.15) is 0 Å². The maximum absolute atomic E-state index is 12.5. The molecule has 7 nitrogen and oxygen atoms in total. The maximum atomic E-state index is 12.5. The van der Waals surface area contributed by atoms with Crippen molar-refractivity contribution in [2.24, 2.45) is 0 Å². The number of hydrogen-bond donors (Lipinski definition) is 1. The summed E-state index contributed by atoms with van der Waals surface area (Å²) >= 11 is 0. The Hall–Kier alpha value is -3.48. The van der Waals surface area contributed by atoms with Gasteiger partial charge in [0.05, 0.1) is 4.92 Å². The number of amides is 1. The molecule has 0 aliphatic carbocycles. The van der Waals surface area contributed by atoms with Gasteiger partial charge >= 0.3 is 5.97 Å². The molecule has 0 unspecified atom stereocenters. The van der Waals surface area contributed by atoms with Gasteiger partial charge in [-0.25, -0.2) is 4.79 Å². The van der Waals surface area contributed by atoms with Crippen molar-refractivity contribution in [3.8, 4) is 0 Å². The zero-order chi connectivity index (χ0) is 21.4. The zero-order valence-electron chi connectivity index (χ0n) is 16.7. The fourth-order valence-electron chi connectivity index (χ4n) is 2.80. The number of nitro groups is 1. The fourth-order valence-corrected chi connectivity index (χ4v) is 2.80. The molecular formula is C22H24N2O5. The van der Waals surface area contributed by atoms with Crippen molar-refractivity contribution in [2.45, 2.75) is 39.7 Å². The number of benzene rings is 2. The summed E-state index contributed by atoms with van der Waals surface area (Å²) in [6.45, 7) is 5.51. The predicted octanol–water partition coefficient (Wildman–Crippen LogP) is 4.30. The van der Waals surface area contributed by atoms with Gasteiger partial charge in [-0.05, 0) is 42.5 Å². The van der Waals surface area contributed by atoms with Crippen molar-refractivity contribution >= 4 is 29.3 Å². The molecule has 152 valence electrons. The van der Waals surface area contributed by atoms with Crippen LogP contribution < -0.4 is 5.32 Å². The van der Waals surface area contributed by atoms with Crippen molar-refractivity contribution in [2.75, 3.05) is 5.32 Å². The summed E-state index contributed by atoms with van der Waals surface area (Å²) in [6.07, 6.45) is 3.08. The molecule has 1 amide bonds. The SMILES string of the molecule is CCc1cccc(CC)c1NC(=O)[C@H](C)OC(=O)/C=C/c1cccc([N+](=O)[O-])c1. The zero-order valence-corrected chi connectivity index (χ0v) is 16.7.